The molecular weight excluding hydrogens is 307 g/mol. The van der Waals surface area contributed by atoms with Gasteiger partial charge in [0.2, 0.25) is 0 Å². The van der Waals surface area contributed by atoms with Gasteiger partial charge in [-0.2, -0.15) is 0 Å². The van der Waals surface area contributed by atoms with Gasteiger partial charge in [0.25, 0.3) is 0 Å². The van der Waals surface area contributed by atoms with E-state index in [1.807, 2.05) is 24.3 Å². The number of H-pyrrole nitrogens is 1. The summed E-state index contributed by atoms with van der Waals surface area (Å²) < 4.78 is 12.9. The molecule has 0 fully saturated rings. The molecule has 1 N–H and O–H groups in total. The molecule has 5 heteroatoms. The van der Waals surface area contributed by atoms with Gasteiger partial charge in [-0.3, -0.25) is 0 Å². The number of nitrogens with one attached hydrogen (secondary N) is 1. The van der Waals surface area contributed by atoms with Crippen LogP contribution < -0.4 is 0 Å². The average Bonchev–Trinajstić information content (AvgIpc) is 2.96. The lowest BCUT2D eigenvalue weighted by Crippen LogP contribution is -1.82. The summed E-state index contributed by atoms with van der Waals surface area (Å²) in [6.45, 7) is 0. The van der Waals surface area contributed by atoms with Crippen molar-refractivity contribution < 1.29 is 4.39 Å². The van der Waals surface area contributed by atoms with Crippen molar-refractivity contribution in [2.24, 2.45) is 0 Å². The van der Waals surface area contributed by atoms with E-state index < -0.39 is 0 Å². The van der Waals surface area contributed by atoms with Crippen molar-refractivity contribution in [3.8, 4) is 11.3 Å². The van der Waals surface area contributed by atoms with E-state index in [4.69, 9.17) is 11.6 Å². The second-order valence-corrected chi connectivity index (χ2v) is 5.92. The highest BCUT2D eigenvalue weighted by Gasteiger charge is 2.04. The lowest BCUT2D eigenvalue weighted by Gasteiger charge is -2.00. The van der Waals surface area contributed by atoms with Gasteiger partial charge in [0.05, 0.1) is 11.9 Å². The molecule has 0 radical (unpaired) electrons. The summed E-state index contributed by atoms with van der Waals surface area (Å²) in [5, 5.41) is 1.57. The fourth-order valence-corrected chi connectivity index (χ4v) is 2.82. The van der Waals surface area contributed by atoms with E-state index in [1.165, 1.54) is 17.7 Å². The lowest BCUT2D eigenvalue weighted by molar-refractivity contribution is 0.628. The zero-order valence-corrected chi connectivity index (χ0v) is 12.6. The molecule has 0 atom stereocenters. The van der Waals surface area contributed by atoms with Gasteiger partial charge in [-0.15, -0.1) is 0 Å². The fourth-order valence-electron chi connectivity index (χ4n) is 1.88. The van der Waals surface area contributed by atoms with Crippen molar-refractivity contribution in [3.05, 3.63) is 71.1 Å². The average molecular weight is 319 g/mol. The molecule has 0 saturated heterocycles. The normalized spacial score (nSPS) is 10.8. The van der Waals surface area contributed by atoms with Gasteiger partial charge >= 0.3 is 0 Å². The van der Waals surface area contributed by atoms with Gasteiger partial charge in [0, 0.05) is 10.8 Å². The fraction of sp³-hybridized carbons (Fsp3) is 0.0625. The lowest BCUT2D eigenvalue weighted by atomic mass is 10.2. The molecule has 0 aliphatic carbocycles. The summed E-state index contributed by atoms with van der Waals surface area (Å²) in [6, 6.07) is 14.1. The summed E-state index contributed by atoms with van der Waals surface area (Å²) in [7, 11) is 0. The Balaban J connectivity index is 1.67. The maximum atomic E-state index is 12.9. The molecule has 1 heterocycles. The molecule has 3 aromatic rings. The number of aromatic nitrogens is 2. The second-order valence-electron chi connectivity index (χ2n) is 4.52. The van der Waals surface area contributed by atoms with E-state index in [-0.39, 0.29) is 5.82 Å². The number of imidazole rings is 1. The molecular formula is C16H12ClFN2S. The Kier molecular flexibility index (Phi) is 4.27. The molecule has 1 aromatic heterocycles. The number of halogens is 2. The minimum absolute atomic E-state index is 0.240. The van der Waals surface area contributed by atoms with Crippen molar-refractivity contribution in [2.45, 2.75) is 10.9 Å². The summed E-state index contributed by atoms with van der Waals surface area (Å²) >= 11 is 7.47. The Bertz CT molecular complexity index is 723. The SMILES string of the molecule is Fc1ccc(-c2cnc(SCc3ccc(Cl)cc3)[nH]2)cc1. The van der Waals surface area contributed by atoms with Crippen LogP contribution in [0, 0.1) is 5.82 Å². The Labute approximate surface area is 131 Å². The molecule has 0 unspecified atom stereocenters. The number of hydrogen-bond acceptors (Lipinski definition) is 2. The van der Waals surface area contributed by atoms with Gasteiger partial charge < -0.3 is 4.98 Å². The summed E-state index contributed by atoms with van der Waals surface area (Å²) in [5.74, 6) is 0.573. The van der Waals surface area contributed by atoms with Crippen molar-refractivity contribution in [3.63, 3.8) is 0 Å². The Morgan fingerprint density at radius 1 is 1.05 bits per heavy atom. The molecule has 3 rings (SSSR count). The van der Waals surface area contributed by atoms with E-state index in [9.17, 15) is 4.39 Å². The van der Waals surface area contributed by atoms with Crippen LogP contribution in [0.5, 0.6) is 0 Å². The molecule has 0 bridgehead atoms. The number of nitrogens with zero attached hydrogens (tertiary/aromatic N) is 1. The first-order valence-electron chi connectivity index (χ1n) is 6.39. The zero-order chi connectivity index (χ0) is 14.7. The van der Waals surface area contributed by atoms with Crippen LogP contribution in [0.3, 0.4) is 0 Å². The number of hydrogen-bond donors (Lipinski definition) is 1. The van der Waals surface area contributed by atoms with Gasteiger partial charge in [-0.25, -0.2) is 9.37 Å². The molecule has 2 aromatic carbocycles. The van der Waals surface area contributed by atoms with Crippen LogP contribution in [0.2, 0.25) is 5.02 Å². The molecule has 0 amide bonds. The van der Waals surface area contributed by atoms with E-state index in [2.05, 4.69) is 9.97 Å². The van der Waals surface area contributed by atoms with Gasteiger partial charge in [-0.05, 0) is 47.5 Å². The minimum Gasteiger partial charge on any atom is -0.333 e. The largest absolute Gasteiger partial charge is 0.333 e. The van der Waals surface area contributed by atoms with Crippen LogP contribution in [0.15, 0.2) is 59.9 Å². The minimum atomic E-state index is -0.240. The number of aromatic amines is 1. The van der Waals surface area contributed by atoms with E-state index >= 15 is 0 Å². The van der Waals surface area contributed by atoms with Gasteiger partial charge in [-0.1, -0.05) is 35.5 Å². The Hall–Kier alpha value is -1.78. The third-order valence-corrected chi connectivity index (χ3v) is 4.21. The highest BCUT2D eigenvalue weighted by atomic mass is 35.5. The van der Waals surface area contributed by atoms with Crippen LogP contribution in [-0.2, 0) is 5.75 Å². The molecule has 106 valence electrons. The monoisotopic (exact) mass is 318 g/mol. The third-order valence-electron chi connectivity index (χ3n) is 3.00. The van der Waals surface area contributed by atoms with E-state index in [0.717, 1.165) is 27.2 Å². The number of thioether (sulfide) groups is 1. The highest BCUT2D eigenvalue weighted by molar-refractivity contribution is 7.98. The molecule has 21 heavy (non-hydrogen) atoms. The first-order valence-corrected chi connectivity index (χ1v) is 7.75. The van der Waals surface area contributed by atoms with Gasteiger partial charge in [0.1, 0.15) is 5.82 Å². The molecule has 0 aliphatic rings. The van der Waals surface area contributed by atoms with Crippen molar-refractivity contribution in [2.75, 3.05) is 0 Å². The Morgan fingerprint density at radius 2 is 1.76 bits per heavy atom. The van der Waals surface area contributed by atoms with E-state index in [0.29, 0.717) is 0 Å². The smallest absolute Gasteiger partial charge is 0.166 e. The summed E-state index contributed by atoms with van der Waals surface area (Å²) in [4.78, 5) is 7.57. The predicted octanol–water partition coefficient (Wildman–Crippen LogP) is 5.16. The van der Waals surface area contributed by atoms with Crippen molar-refractivity contribution >= 4 is 23.4 Å². The van der Waals surface area contributed by atoms with Crippen LogP contribution >= 0.6 is 23.4 Å². The number of benzene rings is 2. The first kappa shape index (κ1) is 14.2. The summed E-state index contributed by atoms with van der Waals surface area (Å²) in [6.07, 6.45) is 1.76. The third kappa shape index (κ3) is 3.65. The molecule has 0 aliphatic heterocycles. The van der Waals surface area contributed by atoms with Crippen LogP contribution in [0.1, 0.15) is 5.56 Å². The Morgan fingerprint density at radius 3 is 2.48 bits per heavy atom. The molecule has 0 saturated carbocycles. The van der Waals surface area contributed by atoms with Gasteiger partial charge in [0.15, 0.2) is 5.16 Å². The maximum Gasteiger partial charge on any atom is 0.166 e. The molecule has 0 spiro atoms. The van der Waals surface area contributed by atoms with Crippen LogP contribution in [-0.4, -0.2) is 9.97 Å². The van der Waals surface area contributed by atoms with Crippen LogP contribution in [0.25, 0.3) is 11.3 Å². The maximum absolute atomic E-state index is 12.9. The standard InChI is InChI=1S/C16H12ClFN2S/c17-13-5-1-11(2-6-13)10-21-16-19-9-15(20-16)12-3-7-14(18)8-4-12/h1-9H,10H2,(H,19,20). The van der Waals surface area contributed by atoms with Crippen LogP contribution in [0.4, 0.5) is 4.39 Å². The summed E-state index contributed by atoms with van der Waals surface area (Å²) in [5.41, 5.74) is 2.99. The predicted molar refractivity (Wildman–Crippen MR) is 85.0 cm³/mol. The first-order chi connectivity index (χ1) is 10.2. The zero-order valence-electron chi connectivity index (χ0n) is 11.0. The van der Waals surface area contributed by atoms with E-state index in [1.54, 1.807) is 30.1 Å². The number of rotatable bonds is 4. The topological polar surface area (TPSA) is 28.7 Å². The van der Waals surface area contributed by atoms with Crippen molar-refractivity contribution in [1.82, 2.24) is 9.97 Å². The van der Waals surface area contributed by atoms with Crippen molar-refractivity contribution in [1.29, 1.82) is 0 Å². The molecule has 2 nitrogen and oxygen atoms in total. The second kappa shape index (κ2) is 6.33. The quantitative estimate of drug-likeness (QED) is 0.673. The highest BCUT2D eigenvalue weighted by Crippen LogP contribution is 2.24.